The highest BCUT2D eigenvalue weighted by Gasteiger charge is 2.17. The predicted molar refractivity (Wildman–Crippen MR) is 108 cm³/mol. The van der Waals surface area contributed by atoms with Crippen molar-refractivity contribution >= 4 is 34.9 Å². The number of carbonyl (C=O) groups is 1. The van der Waals surface area contributed by atoms with Crippen molar-refractivity contribution in [2.24, 2.45) is 0 Å². The molecule has 1 N–H and O–H groups in total. The van der Waals surface area contributed by atoms with Gasteiger partial charge < -0.3 is 9.84 Å². The highest BCUT2D eigenvalue weighted by molar-refractivity contribution is 6.33. The number of carbonyl (C=O) groups excluding carboxylic acids is 1. The Morgan fingerprint density at radius 1 is 1.10 bits per heavy atom. The average molecular weight is 431 g/mol. The number of halogens is 3. The fourth-order valence-electron chi connectivity index (χ4n) is 2.67. The Morgan fingerprint density at radius 3 is 2.62 bits per heavy atom. The topological polar surface area (TPSA) is 73.0 Å². The standard InChI is InChI=1S/C20H13Cl2FN4O2/c21-15-4-2-1-3-13(15)10-27-11-16(22)19(25-27)24-20(28)17-9-18(29-26-17)12-5-7-14(23)8-6-12/h1-9,11H,10H2,(H,24,25,28). The number of hydrogen-bond acceptors (Lipinski definition) is 4. The first kappa shape index (κ1) is 19.2. The zero-order valence-electron chi connectivity index (χ0n) is 14.8. The molecular weight excluding hydrogens is 418 g/mol. The number of hydrogen-bond donors (Lipinski definition) is 1. The Labute approximate surface area is 174 Å². The van der Waals surface area contributed by atoms with Crippen LogP contribution < -0.4 is 5.32 Å². The van der Waals surface area contributed by atoms with Crippen molar-refractivity contribution in [1.82, 2.24) is 14.9 Å². The van der Waals surface area contributed by atoms with Gasteiger partial charge >= 0.3 is 0 Å². The number of amides is 1. The molecule has 29 heavy (non-hydrogen) atoms. The fourth-order valence-corrected chi connectivity index (χ4v) is 3.06. The average Bonchev–Trinajstić information content (AvgIpc) is 3.32. The van der Waals surface area contributed by atoms with Crippen molar-refractivity contribution in [3.63, 3.8) is 0 Å². The first-order valence-electron chi connectivity index (χ1n) is 8.50. The molecule has 0 fully saturated rings. The SMILES string of the molecule is O=C(Nc1nn(Cc2ccccc2Cl)cc1Cl)c1cc(-c2ccc(F)cc2)on1. The predicted octanol–water partition coefficient (Wildman–Crippen LogP) is 5.28. The minimum atomic E-state index is -0.535. The molecule has 0 bridgehead atoms. The van der Waals surface area contributed by atoms with Crippen LogP contribution in [0, 0.1) is 5.82 Å². The molecule has 2 aromatic carbocycles. The summed E-state index contributed by atoms with van der Waals surface area (Å²) in [5, 5.41) is 11.5. The third-order valence-electron chi connectivity index (χ3n) is 4.11. The Bertz CT molecular complexity index is 1170. The summed E-state index contributed by atoms with van der Waals surface area (Å²) in [6, 6.07) is 14.5. The maximum atomic E-state index is 13.0. The molecule has 4 aromatic rings. The largest absolute Gasteiger partial charge is 0.355 e. The summed E-state index contributed by atoms with van der Waals surface area (Å²) in [6.07, 6.45) is 1.59. The van der Waals surface area contributed by atoms with E-state index in [2.05, 4.69) is 15.6 Å². The number of nitrogens with one attached hydrogen (secondary N) is 1. The smallest absolute Gasteiger partial charge is 0.279 e. The Hall–Kier alpha value is -3.16. The minimum absolute atomic E-state index is 0.0426. The van der Waals surface area contributed by atoms with Gasteiger partial charge in [0.25, 0.3) is 5.91 Å². The van der Waals surface area contributed by atoms with Crippen LogP contribution >= 0.6 is 23.2 Å². The van der Waals surface area contributed by atoms with Crippen LogP contribution in [0.2, 0.25) is 10.0 Å². The second-order valence-corrected chi connectivity index (χ2v) is 6.97. The quantitative estimate of drug-likeness (QED) is 0.467. The molecule has 0 spiro atoms. The molecule has 0 radical (unpaired) electrons. The molecule has 2 heterocycles. The van der Waals surface area contributed by atoms with Gasteiger partial charge in [-0.2, -0.15) is 5.10 Å². The third kappa shape index (κ3) is 4.31. The molecular formula is C20H13Cl2FN4O2. The zero-order chi connectivity index (χ0) is 20.4. The highest BCUT2D eigenvalue weighted by atomic mass is 35.5. The molecule has 146 valence electrons. The second kappa shape index (κ2) is 8.06. The fraction of sp³-hybridized carbons (Fsp3) is 0.0500. The zero-order valence-corrected chi connectivity index (χ0v) is 16.3. The van der Waals surface area contributed by atoms with Gasteiger partial charge in [0.1, 0.15) is 10.8 Å². The van der Waals surface area contributed by atoms with Gasteiger partial charge in [0.2, 0.25) is 0 Å². The normalized spacial score (nSPS) is 10.9. The third-order valence-corrected chi connectivity index (χ3v) is 4.76. The van der Waals surface area contributed by atoms with Crippen LogP contribution in [0.1, 0.15) is 16.1 Å². The highest BCUT2D eigenvalue weighted by Crippen LogP contribution is 2.24. The molecule has 1 amide bonds. The van der Waals surface area contributed by atoms with Gasteiger partial charge in [-0.15, -0.1) is 0 Å². The first-order valence-corrected chi connectivity index (χ1v) is 9.25. The first-order chi connectivity index (χ1) is 14.0. The summed E-state index contributed by atoms with van der Waals surface area (Å²) in [7, 11) is 0. The number of rotatable bonds is 5. The van der Waals surface area contributed by atoms with Crippen LogP contribution in [0.25, 0.3) is 11.3 Å². The van der Waals surface area contributed by atoms with Gasteiger partial charge in [-0.05, 0) is 35.9 Å². The van der Waals surface area contributed by atoms with E-state index < -0.39 is 5.91 Å². The second-order valence-electron chi connectivity index (χ2n) is 6.15. The molecule has 2 aromatic heterocycles. The molecule has 0 atom stereocenters. The Morgan fingerprint density at radius 2 is 1.86 bits per heavy atom. The van der Waals surface area contributed by atoms with Crippen molar-refractivity contribution in [2.45, 2.75) is 6.54 Å². The van der Waals surface area contributed by atoms with Gasteiger partial charge in [0.15, 0.2) is 17.3 Å². The molecule has 0 saturated heterocycles. The van der Waals surface area contributed by atoms with Crippen molar-refractivity contribution in [3.8, 4) is 11.3 Å². The summed E-state index contributed by atoms with van der Waals surface area (Å²) in [5.74, 6) is -0.374. The Balaban J connectivity index is 1.48. The molecule has 0 saturated carbocycles. The van der Waals surface area contributed by atoms with Crippen LogP contribution in [0.5, 0.6) is 0 Å². The van der Waals surface area contributed by atoms with Gasteiger partial charge in [0, 0.05) is 22.8 Å². The van der Waals surface area contributed by atoms with E-state index in [9.17, 15) is 9.18 Å². The van der Waals surface area contributed by atoms with Gasteiger partial charge in [-0.3, -0.25) is 9.48 Å². The molecule has 0 aliphatic rings. The van der Waals surface area contributed by atoms with Crippen LogP contribution in [0.15, 0.2) is 65.3 Å². The van der Waals surface area contributed by atoms with E-state index in [4.69, 9.17) is 27.7 Å². The van der Waals surface area contributed by atoms with Crippen LogP contribution in [-0.4, -0.2) is 20.8 Å². The maximum absolute atomic E-state index is 13.0. The number of nitrogens with zero attached hydrogens (tertiary/aromatic N) is 3. The molecule has 0 aliphatic heterocycles. The van der Waals surface area contributed by atoms with E-state index in [1.807, 2.05) is 18.2 Å². The molecule has 6 nitrogen and oxygen atoms in total. The van der Waals surface area contributed by atoms with Crippen molar-refractivity contribution in [1.29, 1.82) is 0 Å². The van der Waals surface area contributed by atoms with E-state index in [-0.39, 0.29) is 22.4 Å². The van der Waals surface area contributed by atoms with Gasteiger partial charge in [-0.1, -0.05) is 46.6 Å². The van der Waals surface area contributed by atoms with Crippen LogP contribution in [0.4, 0.5) is 10.2 Å². The Kier molecular flexibility index (Phi) is 5.33. The van der Waals surface area contributed by atoms with E-state index in [0.717, 1.165) is 5.56 Å². The molecule has 0 unspecified atom stereocenters. The van der Waals surface area contributed by atoms with Crippen molar-refractivity contribution in [3.05, 3.63) is 87.9 Å². The lowest BCUT2D eigenvalue weighted by Gasteiger charge is -2.04. The molecule has 0 aliphatic carbocycles. The van der Waals surface area contributed by atoms with Crippen molar-refractivity contribution < 1.29 is 13.7 Å². The summed E-state index contributed by atoms with van der Waals surface area (Å²) < 4.78 is 19.8. The monoisotopic (exact) mass is 430 g/mol. The van der Waals surface area contributed by atoms with Gasteiger partial charge in [0.05, 0.1) is 6.54 Å². The summed E-state index contributed by atoms with van der Waals surface area (Å²) in [4.78, 5) is 12.5. The summed E-state index contributed by atoms with van der Waals surface area (Å²) in [6.45, 7) is 0.397. The molecule has 9 heteroatoms. The molecule has 4 rings (SSSR count). The summed E-state index contributed by atoms with van der Waals surface area (Å²) in [5.41, 5.74) is 1.51. The lowest BCUT2D eigenvalue weighted by Crippen LogP contribution is -2.13. The summed E-state index contributed by atoms with van der Waals surface area (Å²) >= 11 is 12.4. The van der Waals surface area contributed by atoms with E-state index in [0.29, 0.717) is 22.9 Å². The lowest BCUT2D eigenvalue weighted by molar-refractivity contribution is 0.101. The number of aromatic nitrogens is 3. The van der Waals surface area contributed by atoms with E-state index >= 15 is 0 Å². The van der Waals surface area contributed by atoms with Crippen LogP contribution in [0.3, 0.4) is 0 Å². The minimum Gasteiger partial charge on any atom is -0.355 e. The van der Waals surface area contributed by atoms with Crippen LogP contribution in [-0.2, 0) is 6.54 Å². The maximum Gasteiger partial charge on any atom is 0.279 e. The van der Waals surface area contributed by atoms with E-state index in [1.165, 1.54) is 30.3 Å². The van der Waals surface area contributed by atoms with Crippen molar-refractivity contribution in [2.75, 3.05) is 5.32 Å². The lowest BCUT2D eigenvalue weighted by atomic mass is 10.1. The number of anilines is 1. The van der Waals surface area contributed by atoms with E-state index in [1.54, 1.807) is 16.9 Å². The number of benzene rings is 2. The van der Waals surface area contributed by atoms with Gasteiger partial charge in [-0.25, -0.2) is 4.39 Å².